The Bertz CT molecular complexity index is 775. The van der Waals surface area contributed by atoms with Crippen molar-refractivity contribution in [3.05, 3.63) is 68.9 Å². The predicted molar refractivity (Wildman–Crippen MR) is 81.9 cm³/mol. The molecule has 0 bridgehead atoms. The Kier molecular flexibility index (Phi) is 3.32. The van der Waals surface area contributed by atoms with Crippen LogP contribution >= 0.6 is 11.8 Å². The molecule has 3 rings (SSSR count). The Morgan fingerprint density at radius 1 is 1.37 bits per heavy atom. The van der Waals surface area contributed by atoms with Gasteiger partial charge in [-0.05, 0) is 30.2 Å². The molecule has 0 amide bonds. The minimum atomic E-state index is 0.809. The van der Waals surface area contributed by atoms with E-state index in [2.05, 4.69) is 40.5 Å². The molecule has 2 nitrogen and oxygen atoms in total. The zero-order chi connectivity index (χ0) is 13.1. The second-order valence-electron chi connectivity index (χ2n) is 4.21. The Morgan fingerprint density at radius 3 is 3.26 bits per heavy atom. The number of aromatic nitrogens is 1. The van der Waals surface area contributed by atoms with E-state index in [0.29, 0.717) is 0 Å². The quantitative estimate of drug-likeness (QED) is 0.672. The first-order valence-electron chi connectivity index (χ1n) is 6.00. The first-order valence-corrected chi connectivity index (χ1v) is 6.81. The second kappa shape index (κ2) is 5.27. The molecule has 92 valence electrons. The average molecular weight is 264 g/mol. The minimum absolute atomic E-state index is 0.809. The zero-order valence-electron chi connectivity index (χ0n) is 10.3. The number of allylic oxidation sites excluding steroid dienone is 3. The van der Waals surface area contributed by atoms with E-state index < -0.39 is 0 Å². The molecule has 0 spiro atoms. The van der Waals surface area contributed by atoms with Gasteiger partial charge in [-0.2, -0.15) is 0 Å². The summed E-state index contributed by atoms with van der Waals surface area (Å²) in [5, 5.41) is 2.10. The number of nitrogens with zero attached hydrogens (tertiary/aromatic N) is 2. The van der Waals surface area contributed by atoms with E-state index in [4.69, 9.17) is 0 Å². The van der Waals surface area contributed by atoms with Gasteiger partial charge in [0.25, 0.3) is 0 Å². The number of thioether (sulfide) groups is 1. The van der Waals surface area contributed by atoms with Crippen molar-refractivity contribution in [1.82, 2.24) is 4.98 Å². The van der Waals surface area contributed by atoms with Crippen LogP contribution in [0.3, 0.4) is 0 Å². The van der Waals surface area contributed by atoms with E-state index in [-0.39, 0.29) is 0 Å². The zero-order valence-corrected chi connectivity index (χ0v) is 11.2. The third-order valence-corrected chi connectivity index (χ3v) is 3.83. The maximum atomic E-state index is 4.42. The van der Waals surface area contributed by atoms with Crippen molar-refractivity contribution < 1.29 is 0 Å². The second-order valence-corrected chi connectivity index (χ2v) is 5.37. The highest BCUT2D eigenvalue weighted by molar-refractivity contribution is 8.07. The summed E-state index contributed by atoms with van der Waals surface area (Å²) < 4.78 is 0. The molecule has 0 aliphatic carbocycles. The summed E-state index contributed by atoms with van der Waals surface area (Å²) in [5.74, 6) is 0. The Balaban J connectivity index is 2.18. The maximum Gasteiger partial charge on any atom is 0.0687 e. The molecule has 19 heavy (non-hydrogen) atoms. The number of pyridine rings is 1. The summed E-state index contributed by atoms with van der Waals surface area (Å²) in [5.41, 5.74) is 4.21. The molecule has 3 heteroatoms. The fraction of sp³-hybridized carbons (Fsp3) is 0.0625. The van der Waals surface area contributed by atoms with Crippen LogP contribution in [0.5, 0.6) is 0 Å². The minimum Gasteiger partial charge on any atom is -0.257 e. The Labute approximate surface area is 116 Å². The van der Waals surface area contributed by atoms with Crippen LogP contribution in [0.15, 0.2) is 63.3 Å². The van der Waals surface area contributed by atoms with Crippen molar-refractivity contribution in [3.63, 3.8) is 0 Å². The van der Waals surface area contributed by atoms with Gasteiger partial charge in [0, 0.05) is 27.4 Å². The molecule has 2 aliphatic heterocycles. The molecule has 0 saturated carbocycles. The van der Waals surface area contributed by atoms with Crippen LogP contribution in [-0.2, 0) is 0 Å². The van der Waals surface area contributed by atoms with Crippen LogP contribution in [0.2, 0.25) is 0 Å². The van der Waals surface area contributed by atoms with Gasteiger partial charge in [-0.25, -0.2) is 0 Å². The molecule has 3 heterocycles. The van der Waals surface area contributed by atoms with Crippen molar-refractivity contribution in [1.29, 1.82) is 0 Å². The van der Waals surface area contributed by atoms with Crippen LogP contribution in [0.1, 0.15) is 6.42 Å². The lowest BCUT2D eigenvalue weighted by atomic mass is 10.1. The molecular weight excluding hydrogens is 252 g/mol. The van der Waals surface area contributed by atoms with E-state index in [1.807, 2.05) is 24.6 Å². The third-order valence-electron chi connectivity index (χ3n) is 2.85. The highest BCUT2D eigenvalue weighted by atomic mass is 32.2. The van der Waals surface area contributed by atoms with E-state index >= 15 is 0 Å². The SMILES string of the molecule is C=C1/C=c2/cccn/c2=C/CC2=C(C=C=CN=C2)S1. The lowest BCUT2D eigenvalue weighted by Crippen LogP contribution is -2.27. The molecule has 0 fully saturated rings. The van der Waals surface area contributed by atoms with Crippen LogP contribution < -0.4 is 10.6 Å². The largest absolute Gasteiger partial charge is 0.257 e. The third kappa shape index (κ3) is 2.68. The van der Waals surface area contributed by atoms with Gasteiger partial charge in [0.05, 0.1) is 11.5 Å². The Hall–Kier alpha value is -2.09. The van der Waals surface area contributed by atoms with Gasteiger partial charge >= 0.3 is 0 Å². The molecule has 0 unspecified atom stereocenters. The van der Waals surface area contributed by atoms with Crippen molar-refractivity contribution in [3.8, 4) is 0 Å². The highest BCUT2D eigenvalue weighted by Gasteiger charge is 2.07. The highest BCUT2D eigenvalue weighted by Crippen LogP contribution is 2.30. The van der Waals surface area contributed by atoms with Gasteiger partial charge in [0.1, 0.15) is 0 Å². The van der Waals surface area contributed by atoms with E-state index in [1.54, 1.807) is 18.0 Å². The van der Waals surface area contributed by atoms with Crippen molar-refractivity contribution in [2.24, 2.45) is 4.99 Å². The van der Waals surface area contributed by atoms with Crippen LogP contribution in [0, 0.1) is 0 Å². The smallest absolute Gasteiger partial charge is 0.0687 e. The van der Waals surface area contributed by atoms with Crippen LogP contribution in [0.4, 0.5) is 0 Å². The molecule has 2 aliphatic rings. The van der Waals surface area contributed by atoms with Gasteiger partial charge in [0.2, 0.25) is 0 Å². The van der Waals surface area contributed by atoms with Crippen LogP contribution in [0.25, 0.3) is 12.2 Å². The van der Waals surface area contributed by atoms with Crippen molar-refractivity contribution >= 4 is 30.1 Å². The topological polar surface area (TPSA) is 25.2 Å². The molecule has 0 saturated heterocycles. The van der Waals surface area contributed by atoms with Gasteiger partial charge < -0.3 is 0 Å². The van der Waals surface area contributed by atoms with Crippen LogP contribution in [-0.4, -0.2) is 11.2 Å². The first-order chi connectivity index (χ1) is 9.33. The van der Waals surface area contributed by atoms with Crippen molar-refractivity contribution in [2.75, 3.05) is 0 Å². The lowest BCUT2D eigenvalue weighted by Gasteiger charge is -2.04. The number of hydrogen-bond acceptors (Lipinski definition) is 3. The standard InChI is InChI=1S/C16H12N2S/c1-12-10-13-4-2-9-18-15(13)7-6-14-11-17-8-3-5-16(14)19-12/h2,4-5,7-11H,1,6H2/b13-10-,15-7+. The van der Waals surface area contributed by atoms with Crippen molar-refractivity contribution in [2.45, 2.75) is 6.42 Å². The molecule has 0 atom stereocenters. The predicted octanol–water partition coefficient (Wildman–Crippen LogP) is 2.30. The normalized spacial score (nSPS) is 20.9. The number of rotatable bonds is 0. The fourth-order valence-corrected chi connectivity index (χ4v) is 2.82. The molecule has 1 aromatic heterocycles. The number of hydrogen-bond donors (Lipinski definition) is 0. The summed E-state index contributed by atoms with van der Waals surface area (Å²) in [7, 11) is 0. The molecule has 1 aromatic rings. The van der Waals surface area contributed by atoms with E-state index in [9.17, 15) is 0 Å². The van der Waals surface area contributed by atoms with Gasteiger partial charge in [-0.3, -0.25) is 9.98 Å². The maximum absolute atomic E-state index is 4.42. The molecule has 0 aromatic carbocycles. The van der Waals surface area contributed by atoms with Gasteiger partial charge in [-0.15, -0.1) is 0 Å². The summed E-state index contributed by atoms with van der Waals surface area (Å²) in [6.07, 6.45) is 12.3. The lowest BCUT2D eigenvalue weighted by molar-refractivity contribution is 1.20. The molecular formula is C16H12N2S. The van der Waals surface area contributed by atoms with E-state index in [1.165, 1.54) is 5.57 Å². The van der Waals surface area contributed by atoms with Gasteiger partial charge in [-0.1, -0.05) is 36.2 Å². The fourth-order valence-electron chi connectivity index (χ4n) is 1.96. The first kappa shape index (κ1) is 12.0. The molecule has 0 N–H and O–H groups in total. The summed E-state index contributed by atoms with van der Waals surface area (Å²) >= 11 is 1.65. The summed E-state index contributed by atoms with van der Waals surface area (Å²) in [6.45, 7) is 4.11. The average Bonchev–Trinajstić information content (AvgIpc) is 2.59. The Morgan fingerprint density at radius 2 is 2.32 bits per heavy atom. The number of aliphatic imine (C=N–C) groups is 1. The monoisotopic (exact) mass is 264 g/mol. The number of fused-ring (bicyclic) bond motifs is 1. The summed E-state index contributed by atoms with van der Waals surface area (Å²) in [6, 6.07) is 4.01. The van der Waals surface area contributed by atoms with Gasteiger partial charge in [0.15, 0.2) is 0 Å². The van der Waals surface area contributed by atoms with E-state index in [0.717, 1.165) is 26.8 Å². The summed E-state index contributed by atoms with van der Waals surface area (Å²) in [4.78, 5) is 10.7. The molecule has 0 radical (unpaired) electrons.